The normalized spacial score (nSPS) is 48.6. The Hall–Kier alpha value is -0.710. The summed E-state index contributed by atoms with van der Waals surface area (Å²) in [7, 11) is 0. The Morgan fingerprint density at radius 3 is 2.29 bits per heavy atom. The number of carbonyl (C=O) groups is 1. The Labute approximate surface area is 206 Å². The first kappa shape index (κ1) is 25.0. The van der Waals surface area contributed by atoms with Gasteiger partial charge in [0.25, 0.3) is 0 Å². The minimum atomic E-state index is -0.432. The average Bonchev–Trinajstić information content (AvgIpc) is 3.23. The molecule has 4 fully saturated rings. The number of epoxide rings is 1. The Bertz CT molecular complexity index is 917. The van der Waals surface area contributed by atoms with Gasteiger partial charge >= 0.3 is 0 Å². The third-order valence-electron chi connectivity index (χ3n) is 12.2. The van der Waals surface area contributed by atoms with Crippen LogP contribution in [0.1, 0.15) is 107 Å². The molecule has 3 saturated carbocycles. The topological polar surface area (TPSA) is 70.1 Å². The summed E-state index contributed by atoms with van der Waals surface area (Å²) in [4.78, 5) is 12.9. The molecule has 4 aliphatic carbocycles. The van der Waals surface area contributed by atoms with Crippen LogP contribution in [0.15, 0.2) is 11.1 Å². The third-order valence-corrected chi connectivity index (χ3v) is 12.2. The van der Waals surface area contributed by atoms with Gasteiger partial charge in [-0.3, -0.25) is 4.79 Å². The molecule has 0 bridgehead atoms. The van der Waals surface area contributed by atoms with Crippen LogP contribution in [0.3, 0.4) is 0 Å². The van der Waals surface area contributed by atoms with E-state index in [2.05, 4.69) is 55.4 Å². The second-order valence-corrected chi connectivity index (χ2v) is 14.6. The van der Waals surface area contributed by atoms with Gasteiger partial charge in [0.05, 0.1) is 17.8 Å². The van der Waals surface area contributed by atoms with Crippen molar-refractivity contribution in [2.24, 2.45) is 39.4 Å². The van der Waals surface area contributed by atoms with Gasteiger partial charge in [0.1, 0.15) is 11.9 Å². The van der Waals surface area contributed by atoms with Crippen molar-refractivity contribution in [2.45, 2.75) is 131 Å². The molecular formula is C30H48O4. The van der Waals surface area contributed by atoms with Crippen molar-refractivity contribution in [1.29, 1.82) is 0 Å². The third kappa shape index (κ3) is 3.16. The van der Waals surface area contributed by atoms with Crippen molar-refractivity contribution in [2.75, 3.05) is 0 Å². The highest BCUT2D eigenvalue weighted by Gasteiger charge is 2.69. The minimum Gasteiger partial charge on any atom is -0.392 e. The molecule has 2 N–H and O–H groups in total. The van der Waals surface area contributed by atoms with E-state index in [1.165, 1.54) is 11.1 Å². The average molecular weight is 473 g/mol. The molecule has 4 heteroatoms. The van der Waals surface area contributed by atoms with Crippen LogP contribution in [0, 0.1) is 39.4 Å². The fraction of sp³-hybridized carbons (Fsp3) is 0.900. The van der Waals surface area contributed by atoms with Gasteiger partial charge in [-0.05, 0) is 92.8 Å². The summed E-state index contributed by atoms with van der Waals surface area (Å²) >= 11 is 0. The van der Waals surface area contributed by atoms with E-state index in [9.17, 15) is 15.0 Å². The number of ketones is 1. The summed E-state index contributed by atoms with van der Waals surface area (Å²) in [6.45, 7) is 18.0. The summed E-state index contributed by atoms with van der Waals surface area (Å²) in [5.74, 6) is 1.28. The summed E-state index contributed by atoms with van der Waals surface area (Å²) in [6, 6.07) is 0. The molecule has 1 heterocycles. The molecule has 0 spiro atoms. The van der Waals surface area contributed by atoms with E-state index in [1.807, 2.05) is 0 Å². The molecule has 0 unspecified atom stereocenters. The van der Waals surface area contributed by atoms with E-state index in [4.69, 9.17) is 4.74 Å². The smallest absolute Gasteiger partial charge is 0.138 e. The van der Waals surface area contributed by atoms with E-state index in [0.29, 0.717) is 24.0 Å². The van der Waals surface area contributed by atoms with Crippen molar-refractivity contribution in [3.63, 3.8) is 0 Å². The molecule has 0 aromatic heterocycles. The van der Waals surface area contributed by atoms with Gasteiger partial charge in [-0.2, -0.15) is 0 Å². The summed E-state index contributed by atoms with van der Waals surface area (Å²) < 4.78 is 5.72. The lowest BCUT2D eigenvalue weighted by atomic mass is 9.36. The molecule has 1 aliphatic heterocycles. The van der Waals surface area contributed by atoms with Crippen molar-refractivity contribution in [1.82, 2.24) is 0 Å². The molecule has 34 heavy (non-hydrogen) atoms. The Balaban J connectivity index is 1.47. The van der Waals surface area contributed by atoms with Gasteiger partial charge in [-0.1, -0.05) is 52.7 Å². The molecule has 0 aromatic rings. The maximum Gasteiger partial charge on any atom is 0.138 e. The highest BCUT2D eigenvalue weighted by molar-refractivity contribution is 5.85. The largest absolute Gasteiger partial charge is 0.392 e. The number of aliphatic hydroxyl groups is 2. The van der Waals surface area contributed by atoms with Gasteiger partial charge < -0.3 is 14.9 Å². The van der Waals surface area contributed by atoms with Crippen LogP contribution in [-0.2, 0) is 9.53 Å². The molecule has 4 nitrogen and oxygen atoms in total. The Morgan fingerprint density at radius 1 is 1.03 bits per heavy atom. The second-order valence-electron chi connectivity index (χ2n) is 14.6. The number of hydrogen-bond acceptors (Lipinski definition) is 4. The van der Waals surface area contributed by atoms with Crippen LogP contribution in [0.2, 0.25) is 0 Å². The molecule has 0 amide bonds. The molecule has 5 aliphatic rings. The second kappa shape index (κ2) is 7.42. The fourth-order valence-electron chi connectivity index (χ4n) is 10.1. The van der Waals surface area contributed by atoms with Gasteiger partial charge in [0, 0.05) is 11.8 Å². The molecule has 0 radical (unpaired) electrons. The fourth-order valence-corrected chi connectivity index (χ4v) is 10.1. The monoisotopic (exact) mass is 472 g/mol. The molecule has 1 saturated heterocycles. The van der Waals surface area contributed by atoms with Gasteiger partial charge in [0.2, 0.25) is 0 Å². The summed E-state index contributed by atoms with van der Waals surface area (Å²) in [6.07, 6.45) is 6.59. The first-order chi connectivity index (χ1) is 15.6. The van der Waals surface area contributed by atoms with E-state index in [-0.39, 0.29) is 45.4 Å². The van der Waals surface area contributed by atoms with E-state index in [0.717, 1.165) is 44.9 Å². The van der Waals surface area contributed by atoms with Crippen LogP contribution in [0.4, 0.5) is 0 Å². The Kier molecular flexibility index (Phi) is 5.44. The van der Waals surface area contributed by atoms with Gasteiger partial charge in [0.15, 0.2) is 0 Å². The lowest BCUT2D eigenvalue weighted by Crippen LogP contribution is -2.65. The lowest BCUT2D eigenvalue weighted by Gasteiger charge is -2.69. The first-order valence-corrected chi connectivity index (χ1v) is 13.9. The van der Waals surface area contributed by atoms with Gasteiger partial charge in [-0.15, -0.1) is 0 Å². The van der Waals surface area contributed by atoms with E-state index < -0.39 is 6.10 Å². The van der Waals surface area contributed by atoms with Crippen molar-refractivity contribution in [3.05, 3.63) is 11.1 Å². The standard InChI is InChI=1S/C30H48O4/c1-17(15-21(32)25-27(4,5)34-25)18-9-13-29(7)19(18)16-20(31)24-28(6)12-11-23(33)26(2,3)22(28)10-14-30(24,29)8/h17,20-22,24-25,31-32H,9-16H2,1-8H3/t17-,20+,21+,22+,24+,25-,28+,29-,30-/m1/s1. The summed E-state index contributed by atoms with van der Waals surface area (Å²) in [5, 5.41) is 22.6. The number of aliphatic hydroxyl groups excluding tert-OH is 2. The molecule has 5 rings (SSSR count). The Morgan fingerprint density at radius 2 is 1.68 bits per heavy atom. The van der Waals surface area contributed by atoms with Crippen molar-refractivity contribution in [3.8, 4) is 0 Å². The van der Waals surface area contributed by atoms with Crippen LogP contribution >= 0.6 is 0 Å². The number of allylic oxidation sites excluding steroid dienone is 1. The van der Waals surface area contributed by atoms with Crippen LogP contribution < -0.4 is 0 Å². The quantitative estimate of drug-likeness (QED) is 0.398. The maximum absolute atomic E-state index is 12.9. The molecule has 9 atom stereocenters. The minimum absolute atomic E-state index is 0.00216. The number of fused-ring (bicyclic) bond motifs is 5. The first-order valence-electron chi connectivity index (χ1n) is 13.9. The highest BCUT2D eigenvalue weighted by atomic mass is 16.6. The van der Waals surface area contributed by atoms with Crippen molar-refractivity contribution < 1.29 is 19.7 Å². The van der Waals surface area contributed by atoms with E-state index >= 15 is 0 Å². The van der Waals surface area contributed by atoms with Crippen LogP contribution in [0.25, 0.3) is 0 Å². The summed E-state index contributed by atoms with van der Waals surface area (Å²) in [5.41, 5.74) is 2.59. The number of hydrogen-bond donors (Lipinski definition) is 2. The van der Waals surface area contributed by atoms with Crippen molar-refractivity contribution >= 4 is 5.78 Å². The molecule has 192 valence electrons. The van der Waals surface area contributed by atoms with E-state index in [1.54, 1.807) is 0 Å². The lowest BCUT2D eigenvalue weighted by molar-refractivity contribution is -0.208. The van der Waals surface area contributed by atoms with Gasteiger partial charge in [-0.25, -0.2) is 0 Å². The van der Waals surface area contributed by atoms with Crippen LogP contribution in [0.5, 0.6) is 0 Å². The maximum atomic E-state index is 12.9. The molecular weight excluding hydrogens is 424 g/mol. The number of Topliss-reactive ketones (excluding diaryl/α,β-unsaturated/α-hetero) is 1. The number of ether oxygens (including phenoxy) is 1. The zero-order valence-corrected chi connectivity index (χ0v) is 22.8. The number of carbonyl (C=O) groups excluding carboxylic acids is 1. The predicted octanol–water partition coefficient (Wildman–Crippen LogP) is 5.84. The highest BCUT2D eigenvalue weighted by Crippen LogP contribution is 2.74. The zero-order valence-electron chi connectivity index (χ0n) is 22.8. The predicted molar refractivity (Wildman–Crippen MR) is 134 cm³/mol. The molecule has 0 aromatic carbocycles. The SMILES string of the molecule is C[C@H](C[C@H](O)[C@H]1OC1(C)C)C1=C2C[C@H](O)[C@H]3[C@@]4(C)CCC(=O)C(C)(C)[C@@H]4CC[C@@]3(C)[C@]2(C)CC1. The number of rotatable bonds is 4. The van der Waals surface area contributed by atoms with Crippen LogP contribution in [-0.4, -0.2) is 39.9 Å². The zero-order chi connectivity index (χ0) is 25.1.